The van der Waals surface area contributed by atoms with E-state index in [4.69, 9.17) is 4.74 Å². The van der Waals surface area contributed by atoms with E-state index >= 15 is 0 Å². The number of benzene rings is 2. The summed E-state index contributed by atoms with van der Waals surface area (Å²) < 4.78 is 18.1. The van der Waals surface area contributed by atoms with Crippen LogP contribution in [0, 0.1) is 5.82 Å². The van der Waals surface area contributed by atoms with E-state index in [0.717, 1.165) is 11.3 Å². The summed E-state index contributed by atoms with van der Waals surface area (Å²) in [4.78, 5) is 16.2. The molecule has 0 fully saturated rings. The molecule has 0 saturated heterocycles. The molecule has 0 bridgehead atoms. The lowest BCUT2D eigenvalue weighted by molar-refractivity contribution is -0.118. The molecule has 3 aromatic rings. The van der Waals surface area contributed by atoms with Gasteiger partial charge in [-0.05, 0) is 24.3 Å². The number of thiazole rings is 1. The van der Waals surface area contributed by atoms with E-state index < -0.39 is 0 Å². The first kappa shape index (κ1) is 15.2. The lowest BCUT2D eigenvalue weighted by atomic mass is 10.2. The van der Waals surface area contributed by atoms with Crippen molar-refractivity contribution in [2.24, 2.45) is 0 Å². The Bertz CT molecular complexity index is 788. The Balaban J connectivity index is 1.56. The molecule has 116 valence electrons. The number of aromatic nitrogens is 1. The molecule has 1 N–H and O–H groups in total. The van der Waals surface area contributed by atoms with Crippen LogP contribution in [0.4, 0.5) is 9.52 Å². The van der Waals surface area contributed by atoms with Crippen LogP contribution in [-0.4, -0.2) is 17.5 Å². The van der Waals surface area contributed by atoms with Crippen molar-refractivity contribution >= 4 is 22.4 Å². The van der Waals surface area contributed by atoms with Crippen molar-refractivity contribution in [3.63, 3.8) is 0 Å². The summed E-state index contributed by atoms with van der Waals surface area (Å²) in [6.07, 6.45) is 0. The van der Waals surface area contributed by atoms with Crippen molar-refractivity contribution in [3.8, 4) is 17.0 Å². The molecule has 1 amide bonds. The third kappa shape index (κ3) is 4.14. The van der Waals surface area contributed by atoms with Gasteiger partial charge in [-0.15, -0.1) is 11.3 Å². The van der Waals surface area contributed by atoms with E-state index in [9.17, 15) is 9.18 Å². The summed E-state index contributed by atoms with van der Waals surface area (Å²) in [6, 6.07) is 15.2. The predicted octanol–water partition coefficient (Wildman–Crippen LogP) is 3.97. The van der Waals surface area contributed by atoms with Gasteiger partial charge in [0.25, 0.3) is 5.91 Å². The molecule has 0 saturated carbocycles. The zero-order valence-electron chi connectivity index (χ0n) is 12.0. The second-order valence-corrected chi connectivity index (χ2v) is 5.55. The van der Waals surface area contributed by atoms with Crippen molar-refractivity contribution in [1.29, 1.82) is 0 Å². The fraction of sp³-hybridized carbons (Fsp3) is 0.0588. The standard InChI is InChI=1S/C17H13FN2O2S/c18-13-6-8-14(9-7-13)22-10-16(21)20-17-19-15(11-23-17)12-4-2-1-3-5-12/h1-9,11H,10H2,(H,19,20,21). The number of ether oxygens (including phenoxy) is 1. The topological polar surface area (TPSA) is 51.2 Å². The highest BCUT2D eigenvalue weighted by molar-refractivity contribution is 7.14. The Labute approximate surface area is 136 Å². The van der Waals surface area contributed by atoms with E-state index in [1.165, 1.54) is 35.6 Å². The molecule has 0 aliphatic rings. The molecule has 1 heterocycles. The largest absolute Gasteiger partial charge is 0.484 e. The van der Waals surface area contributed by atoms with Crippen LogP contribution in [0.15, 0.2) is 60.0 Å². The van der Waals surface area contributed by atoms with E-state index in [1.807, 2.05) is 35.7 Å². The van der Waals surface area contributed by atoms with Crippen LogP contribution >= 0.6 is 11.3 Å². The first-order valence-corrected chi connectivity index (χ1v) is 7.78. The number of hydrogen-bond acceptors (Lipinski definition) is 4. The Kier molecular flexibility index (Phi) is 4.63. The maximum atomic E-state index is 12.8. The molecular formula is C17H13FN2O2S. The lowest BCUT2D eigenvalue weighted by Gasteiger charge is -2.05. The lowest BCUT2D eigenvalue weighted by Crippen LogP contribution is -2.20. The Morgan fingerprint density at radius 3 is 2.61 bits per heavy atom. The molecule has 0 atom stereocenters. The zero-order valence-corrected chi connectivity index (χ0v) is 12.8. The van der Waals surface area contributed by atoms with Gasteiger partial charge in [-0.3, -0.25) is 10.1 Å². The highest BCUT2D eigenvalue weighted by Gasteiger charge is 2.08. The number of nitrogens with one attached hydrogen (secondary N) is 1. The summed E-state index contributed by atoms with van der Waals surface area (Å²) in [5.41, 5.74) is 1.80. The van der Waals surface area contributed by atoms with Crippen LogP contribution in [0.3, 0.4) is 0 Å². The number of nitrogens with zero attached hydrogens (tertiary/aromatic N) is 1. The molecule has 0 unspecified atom stereocenters. The van der Waals surface area contributed by atoms with Gasteiger partial charge in [0, 0.05) is 10.9 Å². The first-order chi connectivity index (χ1) is 11.2. The summed E-state index contributed by atoms with van der Waals surface area (Å²) in [6.45, 7) is -0.161. The van der Waals surface area contributed by atoms with E-state index in [1.54, 1.807) is 0 Å². The van der Waals surface area contributed by atoms with Crippen molar-refractivity contribution in [3.05, 3.63) is 65.8 Å². The maximum absolute atomic E-state index is 12.8. The van der Waals surface area contributed by atoms with Gasteiger partial charge in [-0.25, -0.2) is 9.37 Å². The SMILES string of the molecule is O=C(COc1ccc(F)cc1)Nc1nc(-c2ccccc2)cs1. The number of anilines is 1. The number of halogens is 1. The van der Waals surface area contributed by atoms with E-state index in [-0.39, 0.29) is 18.3 Å². The van der Waals surface area contributed by atoms with Crippen molar-refractivity contribution in [2.75, 3.05) is 11.9 Å². The van der Waals surface area contributed by atoms with Gasteiger partial charge in [0.1, 0.15) is 11.6 Å². The molecule has 23 heavy (non-hydrogen) atoms. The molecule has 3 rings (SSSR count). The van der Waals surface area contributed by atoms with Crippen molar-refractivity contribution in [2.45, 2.75) is 0 Å². The van der Waals surface area contributed by atoms with Gasteiger partial charge in [0.2, 0.25) is 0 Å². The van der Waals surface area contributed by atoms with Crippen LogP contribution in [0.25, 0.3) is 11.3 Å². The highest BCUT2D eigenvalue weighted by atomic mass is 32.1. The molecule has 6 heteroatoms. The molecule has 0 aliphatic carbocycles. The summed E-state index contributed by atoms with van der Waals surface area (Å²) in [5, 5.41) is 5.07. The quantitative estimate of drug-likeness (QED) is 0.771. The minimum atomic E-state index is -0.349. The fourth-order valence-electron chi connectivity index (χ4n) is 1.91. The van der Waals surface area contributed by atoms with Crippen LogP contribution in [-0.2, 0) is 4.79 Å². The van der Waals surface area contributed by atoms with Gasteiger partial charge in [0.15, 0.2) is 11.7 Å². The average Bonchev–Trinajstić information content (AvgIpc) is 3.04. The summed E-state index contributed by atoms with van der Waals surface area (Å²) in [7, 11) is 0. The zero-order chi connectivity index (χ0) is 16.1. The monoisotopic (exact) mass is 328 g/mol. The van der Waals surface area contributed by atoms with Crippen LogP contribution in [0.1, 0.15) is 0 Å². The summed E-state index contributed by atoms with van der Waals surface area (Å²) in [5.74, 6) is -0.230. The first-order valence-electron chi connectivity index (χ1n) is 6.90. The highest BCUT2D eigenvalue weighted by Crippen LogP contribution is 2.24. The van der Waals surface area contributed by atoms with Gasteiger partial charge in [-0.1, -0.05) is 30.3 Å². The normalized spacial score (nSPS) is 10.3. The van der Waals surface area contributed by atoms with Crippen LogP contribution < -0.4 is 10.1 Å². The van der Waals surface area contributed by atoms with Gasteiger partial charge in [-0.2, -0.15) is 0 Å². The minimum Gasteiger partial charge on any atom is -0.484 e. The van der Waals surface area contributed by atoms with Gasteiger partial charge < -0.3 is 4.74 Å². The molecule has 2 aromatic carbocycles. The molecular weight excluding hydrogens is 315 g/mol. The van der Waals surface area contributed by atoms with Gasteiger partial charge >= 0.3 is 0 Å². The van der Waals surface area contributed by atoms with E-state index in [0.29, 0.717) is 10.9 Å². The fourth-order valence-corrected chi connectivity index (χ4v) is 2.64. The number of carbonyl (C=O) groups is 1. The van der Waals surface area contributed by atoms with Crippen LogP contribution in [0.5, 0.6) is 5.75 Å². The molecule has 0 aliphatic heterocycles. The third-order valence-corrected chi connectivity index (χ3v) is 3.76. The number of hydrogen-bond donors (Lipinski definition) is 1. The number of rotatable bonds is 5. The predicted molar refractivity (Wildman–Crippen MR) is 88.1 cm³/mol. The third-order valence-electron chi connectivity index (χ3n) is 3.00. The van der Waals surface area contributed by atoms with Crippen LogP contribution in [0.2, 0.25) is 0 Å². The molecule has 4 nitrogen and oxygen atoms in total. The number of carbonyl (C=O) groups excluding carboxylic acids is 1. The average molecular weight is 328 g/mol. The Morgan fingerprint density at radius 1 is 1.13 bits per heavy atom. The number of amides is 1. The summed E-state index contributed by atoms with van der Waals surface area (Å²) >= 11 is 1.35. The molecule has 0 spiro atoms. The second kappa shape index (κ2) is 7.02. The molecule has 0 radical (unpaired) electrons. The van der Waals surface area contributed by atoms with Crippen molar-refractivity contribution < 1.29 is 13.9 Å². The van der Waals surface area contributed by atoms with Gasteiger partial charge in [0.05, 0.1) is 5.69 Å². The Morgan fingerprint density at radius 2 is 1.87 bits per heavy atom. The van der Waals surface area contributed by atoms with Crippen molar-refractivity contribution in [1.82, 2.24) is 4.98 Å². The second-order valence-electron chi connectivity index (χ2n) is 4.69. The van der Waals surface area contributed by atoms with E-state index in [2.05, 4.69) is 10.3 Å². The maximum Gasteiger partial charge on any atom is 0.264 e. The smallest absolute Gasteiger partial charge is 0.264 e. The Hall–Kier alpha value is -2.73. The minimum absolute atomic E-state index is 0.161. The molecule has 1 aromatic heterocycles.